The Morgan fingerprint density at radius 2 is 2.08 bits per heavy atom. The lowest BCUT2D eigenvalue weighted by atomic mass is 10.1. The molecule has 1 aromatic heterocycles. The van der Waals surface area contributed by atoms with Crippen LogP contribution in [0, 0.1) is 12.7 Å². The van der Waals surface area contributed by atoms with Gasteiger partial charge in [0.05, 0.1) is 0 Å². The molecule has 2 N–H and O–H groups in total. The van der Waals surface area contributed by atoms with Gasteiger partial charge in [0.25, 0.3) is 5.91 Å². The number of nitrogens with one attached hydrogen (secondary N) is 2. The van der Waals surface area contributed by atoms with Gasteiger partial charge in [0.2, 0.25) is 5.91 Å². The molecule has 2 amide bonds. The molecule has 1 heterocycles. The summed E-state index contributed by atoms with van der Waals surface area (Å²) in [6.45, 7) is 5.76. The largest absolute Gasteiger partial charge is 0.351 e. The Hall–Kier alpha value is -2.96. The van der Waals surface area contributed by atoms with Crippen LogP contribution >= 0.6 is 0 Å². The summed E-state index contributed by atoms with van der Waals surface area (Å²) in [7, 11) is 0. The normalized spacial score (nSPS) is 12.5. The molecule has 0 fully saturated rings. The third-order valence-corrected chi connectivity index (χ3v) is 4.44. The van der Waals surface area contributed by atoms with Crippen LogP contribution in [0.2, 0.25) is 0 Å². The van der Waals surface area contributed by atoms with Crippen LogP contribution in [0.3, 0.4) is 0 Å². The third-order valence-electron chi connectivity index (χ3n) is 4.44. The van der Waals surface area contributed by atoms with Crippen molar-refractivity contribution in [2.24, 2.45) is 0 Å². The average molecular weight is 356 g/mol. The Morgan fingerprint density at radius 3 is 2.81 bits per heavy atom. The Morgan fingerprint density at radius 1 is 1.31 bits per heavy atom. The van der Waals surface area contributed by atoms with E-state index in [2.05, 4.69) is 22.3 Å². The van der Waals surface area contributed by atoms with Crippen molar-refractivity contribution >= 4 is 11.8 Å². The molecule has 6 nitrogen and oxygen atoms in total. The summed E-state index contributed by atoms with van der Waals surface area (Å²) in [5, 5.41) is 9.75. The molecule has 2 aromatic rings. The first-order valence-electron chi connectivity index (χ1n) is 8.57. The van der Waals surface area contributed by atoms with Gasteiger partial charge in [-0.25, -0.2) is 9.07 Å². The number of amides is 2. The molecule has 0 radical (unpaired) electrons. The highest BCUT2D eigenvalue weighted by Gasteiger charge is 2.28. The number of nitrogens with zero attached hydrogens (tertiary/aromatic N) is 2. The van der Waals surface area contributed by atoms with E-state index < -0.39 is 0 Å². The summed E-state index contributed by atoms with van der Waals surface area (Å²) in [4.78, 5) is 23.6. The van der Waals surface area contributed by atoms with Gasteiger partial charge in [-0.1, -0.05) is 18.7 Å². The number of halogens is 1. The van der Waals surface area contributed by atoms with E-state index in [0.717, 1.165) is 36.1 Å². The lowest BCUT2D eigenvalue weighted by Crippen LogP contribution is -2.34. The van der Waals surface area contributed by atoms with Gasteiger partial charge >= 0.3 is 0 Å². The molecule has 0 saturated heterocycles. The predicted octanol–water partition coefficient (Wildman–Crippen LogP) is 1.84. The number of benzene rings is 1. The first kappa shape index (κ1) is 17.8. The summed E-state index contributed by atoms with van der Waals surface area (Å²) in [5.41, 5.74) is 3.25. The molecule has 0 spiro atoms. The fourth-order valence-electron chi connectivity index (χ4n) is 3.21. The summed E-state index contributed by atoms with van der Waals surface area (Å²) in [6, 6.07) is 4.87. The van der Waals surface area contributed by atoms with Crippen LogP contribution in [0.25, 0.3) is 5.69 Å². The van der Waals surface area contributed by atoms with Gasteiger partial charge in [0.1, 0.15) is 11.5 Å². The van der Waals surface area contributed by atoms with Crippen LogP contribution in [0.15, 0.2) is 30.9 Å². The van der Waals surface area contributed by atoms with E-state index in [1.807, 2.05) is 13.0 Å². The van der Waals surface area contributed by atoms with E-state index >= 15 is 0 Å². The molecular formula is C19H21FN4O2. The molecule has 0 bridgehead atoms. The van der Waals surface area contributed by atoms with Crippen molar-refractivity contribution in [1.82, 2.24) is 20.4 Å². The van der Waals surface area contributed by atoms with Gasteiger partial charge in [-0.05, 0) is 43.9 Å². The number of rotatable bonds is 6. The lowest BCUT2D eigenvalue weighted by molar-refractivity contribution is -0.116. The van der Waals surface area contributed by atoms with Crippen LogP contribution in [-0.4, -0.2) is 34.7 Å². The van der Waals surface area contributed by atoms with Crippen LogP contribution < -0.4 is 10.6 Å². The first-order valence-corrected chi connectivity index (χ1v) is 8.57. The van der Waals surface area contributed by atoms with Crippen molar-refractivity contribution in [2.75, 3.05) is 13.1 Å². The molecule has 1 aliphatic carbocycles. The Labute approximate surface area is 151 Å². The maximum Gasteiger partial charge on any atom is 0.272 e. The zero-order chi connectivity index (χ0) is 18.7. The van der Waals surface area contributed by atoms with E-state index in [1.165, 1.54) is 12.1 Å². The number of para-hydroxylation sites is 1. The third kappa shape index (κ3) is 3.37. The minimum atomic E-state index is -0.360. The van der Waals surface area contributed by atoms with Crippen molar-refractivity contribution in [3.63, 3.8) is 0 Å². The number of fused-ring (bicyclic) bond motifs is 1. The number of hydrogen-bond acceptors (Lipinski definition) is 3. The summed E-state index contributed by atoms with van der Waals surface area (Å²) in [5.74, 6) is -0.968. The molecule has 1 aromatic carbocycles. The first-order chi connectivity index (χ1) is 12.5. The number of aromatic nitrogens is 2. The number of hydrogen-bond donors (Lipinski definition) is 2. The smallest absolute Gasteiger partial charge is 0.272 e. The maximum absolute atomic E-state index is 14.4. The molecule has 0 unspecified atom stereocenters. The second kappa shape index (κ2) is 7.51. The quantitative estimate of drug-likeness (QED) is 0.613. The van der Waals surface area contributed by atoms with Crippen molar-refractivity contribution < 1.29 is 14.0 Å². The molecule has 7 heteroatoms. The van der Waals surface area contributed by atoms with Gasteiger partial charge < -0.3 is 10.6 Å². The molecular weight excluding hydrogens is 335 g/mol. The molecule has 0 aliphatic heterocycles. The van der Waals surface area contributed by atoms with Crippen molar-refractivity contribution in [3.05, 3.63) is 59.2 Å². The molecule has 0 saturated carbocycles. The van der Waals surface area contributed by atoms with Gasteiger partial charge in [-0.2, -0.15) is 5.10 Å². The standard InChI is InChI=1S/C19H21FN4O2/c1-3-16(25)21-10-11-22-19(26)17-13-7-5-9-15(13)24(23-17)18-12(2)6-4-8-14(18)20/h3-4,6,8H,1,5,7,9-11H2,2H3,(H,21,25)(H,22,26). The van der Waals surface area contributed by atoms with Crippen LogP contribution in [0.1, 0.15) is 33.7 Å². The molecule has 1 aliphatic rings. The van der Waals surface area contributed by atoms with Gasteiger partial charge in [-0.15, -0.1) is 0 Å². The van der Waals surface area contributed by atoms with Crippen molar-refractivity contribution in [1.29, 1.82) is 0 Å². The summed E-state index contributed by atoms with van der Waals surface area (Å²) >= 11 is 0. The van der Waals surface area contributed by atoms with E-state index in [0.29, 0.717) is 17.9 Å². The van der Waals surface area contributed by atoms with E-state index in [1.54, 1.807) is 10.7 Å². The highest BCUT2D eigenvalue weighted by molar-refractivity contribution is 5.94. The lowest BCUT2D eigenvalue weighted by Gasteiger charge is -2.10. The molecule has 26 heavy (non-hydrogen) atoms. The average Bonchev–Trinajstić information content (AvgIpc) is 3.21. The highest BCUT2D eigenvalue weighted by atomic mass is 19.1. The van der Waals surface area contributed by atoms with E-state index in [4.69, 9.17) is 0 Å². The number of carbonyl (C=O) groups excluding carboxylic acids is 2. The topological polar surface area (TPSA) is 76.0 Å². The minimum Gasteiger partial charge on any atom is -0.351 e. The minimum absolute atomic E-state index is 0.277. The Bertz CT molecular complexity index is 852. The number of carbonyl (C=O) groups is 2. The summed E-state index contributed by atoms with van der Waals surface area (Å²) < 4.78 is 15.9. The molecule has 0 atom stereocenters. The van der Waals surface area contributed by atoms with Crippen LogP contribution in [0.5, 0.6) is 0 Å². The zero-order valence-electron chi connectivity index (χ0n) is 14.6. The number of aryl methyl sites for hydroxylation is 1. The fraction of sp³-hybridized carbons (Fsp3) is 0.316. The van der Waals surface area contributed by atoms with Gasteiger partial charge in [0.15, 0.2) is 5.69 Å². The van der Waals surface area contributed by atoms with Gasteiger partial charge in [0, 0.05) is 24.3 Å². The summed E-state index contributed by atoms with van der Waals surface area (Å²) in [6.07, 6.45) is 3.60. The second-order valence-electron chi connectivity index (χ2n) is 6.20. The van der Waals surface area contributed by atoms with E-state index in [9.17, 15) is 14.0 Å². The Balaban J connectivity index is 1.83. The monoisotopic (exact) mass is 356 g/mol. The fourth-order valence-corrected chi connectivity index (χ4v) is 3.21. The Kier molecular flexibility index (Phi) is 5.16. The highest BCUT2D eigenvalue weighted by Crippen LogP contribution is 2.29. The second-order valence-corrected chi connectivity index (χ2v) is 6.20. The van der Waals surface area contributed by atoms with Crippen molar-refractivity contribution in [3.8, 4) is 5.69 Å². The maximum atomic E-state index is 14.4. The van der Waals surface area contributed by atoms with Crippen molar-refractivity contribution in [2.45, 2.75) is 26.2 Å². The molecule has 136 valence electrons. The molecule has 3 rings (SSSR count). The SMILES string of the molecule is C=CC(=O)NCCNC(=O)c1nn(-c2c(C)cccc2F)c2c1CCC2. The van der Waals surface area contributed by atoms with Crippen LogP contribution in [-0.2, 0) is 17.6 Å². The van der Waals surface area contributed by atoms with E-state index in [-0.39, 0.29) is 24.2 Å². The zero-order valence-corrected chi connectivity index (χ0v) is 14.6. The predicted molar refractivity (Wildman–Crippen MR) is 95.8 cm³/mol. The van der Waals surface area contributed by atoms with Gasteiger partial charge in [-0.3, -0.25) is 9.59 Å². The van der Waals surface area contributed by atoms with Crippen LogP contribution in [0.4, 0.5) is 4.39 Å².